The van der Waals surface area contributed by atoms with Crippen molar-refractivity contribution in [1.29, 1.82) is 0 Å². The van der Waals surface area contributed by atoms with Crippen LogP contribution in [-0.2, 0) is 19.7 Å². The predicted octanol–water partition coefficient (Wildman–Crippen LogP) is 2.73. The number of fused-ring (bicyclic) bond motifs is 2. The molecule has 2 saturated heterocycles. The molecule has 5 heteroatoms. The average molecular weight is 368 g/mol. The van der Waals surface area contributed by atoms with Gasteiger partial charge in [-0.05, 0) is 50.3 Å². The molecule has 1 saturated carbocycles. The van der Waals surface area contributed by atoms with Crippen LogP contribution in [0.4, 0.5) is 5.69 Å². The lowest BCUT2D eigenvalue weighted by atomic mass is 9.58. The van der Waals surface area contributed by atoms with E-state index in [2.05, 4.69) is 28.0 Å². The molecule has 5 rings (SSSR count). The van der Waals surface area contributed by atoms with E-state index in [1.807, 2.05) is 13.0 Å². The first-order valence-corrected chi connectivity index (χ1v) is 10.2. The maximum atomic E-state index is 12.7. The van der Waals surface area contributed by atoms with Gasteiger partial charge < -0.3 is 9.64 Å². The molecule has 0 N–H and O–H groups in total. The maximum Gasteiger partial charge on any atom is 0.302 e. The van der Waals surface area contributed by atoms with Crippen LogP contribution in [0.2, 0.25) is 0 Å². The molecule has 3 fully saturated rings. The van der Waals surface area contributed by atoms with E-state index >= 15 is 0 Å². The number of nitrogens with zero attached hydrogens (tertiary/aromatic N) is 2. The largest absolute Gasteiger partial charge is 0.463 e. The number of para-hydroxylation sites is 1. The Morgan fingerprint density at radius 3 is 2.67 bits per heavy atom. The number of ether oxygens (including phenoxy) is 1. The summed E-state index contributed by atoms with van der Waals surface area (Å²) in [4.78, 5) is 28.9. The third-order valence-corrected chi connectivity index (χ3v) is 7.82. The zero-order valence-electron chi connectivity index (χ0n) is 16.4. The Balaban J connectivity index is 1.57. The number of rotatable bonds is 2. The highest BCUT2D eigenvalue weighted by Gasteiger charge is 2.65. The van der Waals surface area contributed by atoms with Gasteiger partial charge in [0.05, 0.1) is 0 Å². The number of amides is 1. The SMILES string of the molecule is CC(=O)O[C@@H](C)[C@@H]1CN2CC[C@@]34c5ccccc5N(C(C)=O)[C@@H]3C[C@@H]1C[C@@H]24. The number of anilines is 1. The van der Waals surface area contributed by atoms with Crippen LogP contribution >= 0.6 is 0 Å². The predicted molar refractivity (Wildman–Crippen MR) is 102 cm³/mol. The summed E-state index contributed by atoms with van der Waals surface area (Å²) in [5.41, 5.74) is 2.57. The van der Waals surface area contributed by atoms with Crippen LogP contribution < -0.4 is 4.90 Å². The first-order valence-electron chi connectivity index (χ1n) is 10.2. The Kier molecular flexibility index (Phi) is 3.71. The van der Waals surface area contributed by atoms with E-state index in [9.17, 15) is 9.59 Å². The van der Waals surface area contributed by atoms with Gasteiger partial charge in [-0.3, -0.25) is 14.5 Å². The van der Waals surface area contributed by atoms with Crippen LogP contribution in [0.25, 0.3) is 0 Å². The van der Waals surface area contributed by atoms with Crippen molar-refractivity contribution in [3.8, 4) is 0 Å². The second kappa shape index (κ2) is 5.81. The van der Waals surface area contributed by atoms with Gasteiger partial charge in [-0.1, -0.05) is 18.2 Å². The molecule has 5 nitrogen and oxygen atoms in total. The number of hydrogen-bond donors (Lipinski definition) is 0. The fourth-order valence-corrected chi connectivity index (χ4v) is 6.94. The van der Waals surface area contributed by atoms with Gasteiger partial charge in [0, 0.05) is 49.5 Å². The standard InChI is InChI=1S/C22H28N2O3/c1-13(27-15(3)26)17-12-23-9-8-22-18-6-4-5-7-19(18)24(14(2)25)21(22)11-16(17)10-20(22)23/h4-7,13,16-17,20-21H,8-12H2,1-3H3/t13-,16-,17-,20+,21+,22-/m0/s1. The zero-order chi connectivity index (χ0) is 18.9. The summed E-state index contributed by atoms with van der Waals surface area (Å²) in [6.45, 7) is 7.30. The number of carbonyl (C=O) groups excluding carboxylic acids is 2. The molecular weight excluding hydrogens is 340 g/mol. The van der Waals surface area contributed by atoms with Gasteiger partial charge in [0.2, 0.25) is 5.91 Å². The molecule has 1 aromatic rings. The normalized spacial score (nSPS) is 37.5. The number of benzene rings is 1. The lowest BCUT2D eigenvalue weighted by molar-refractivity contribution is -0.152. The van der Waals surface area contributed by atoms with Gasteiger partial charge in [0.15, 0.2) is 0 Å². The second-order valence-electron chi connectivity index (χ2n) is 8.93. The quantitative estimate of drug-likeness (QED) is 0.753. The van der Waals surface area contributed by atoms with Crippen LogP contribution in [0.15, 0.2) is 24.3 Å². The molecule has 0 aromatic heterocycles. The van der Waals surface area contributed by atoms with Crippen molar-refractivity contribution in [3.63, 3.8) is 0 Å². The first-order chi connectivity index (χ1) is 12.9. The minimum Gasteiger partial charge on any atom is -0.463 e. The van der Waals surface area contributed by atoms with Crippen molar-refractivity contribution in [2.45, 2.75) is 63.6 Å². The Bertz CT molecular complexity index is 809. The second-order valence-corrected chi connectivity index (χ2v) is 8.93. The smallest absolute Gasteiger partial charge is 0.302 e. The fraction of sp³-hybridized carbons (Fsp3) is 0.636. The van der Waals surface area contributed by atoms with Gasteiger partial charge in [0.1, 0.15) is 6.10 Å². The molecule has 27 heavy (non-hydrogen) atoms. The molecule has 1 aliphatic carbocycles. The molecule has 4 aliphatic rings. The molecule has 2 bridgehead atoms. The van der Waals surface area contributed by atoms with Crippen molar-refractivity contribution in [2.75, 3.05) is 18.0 Å². The summed E-state index contributed by atoms with van der Waals surface area (Å²) in [6, 6.07) is 9.27. The molecule has 0 unspecified atom stereocenters. The minimum absolute atomic E-state index is 0.0730. The zero-order valence-corrected chi connectivity index (χ0v) is 16.4. The van der Waals surface area contributed by atoms with E-state index < -0.39 is 0 Å². The molecule has 1 aromatic carbocycles. The Morgan fingerprint density at radius 2 is 1.93 bits per heavy atom. The van der Waals surface area contributed by atoms with Crippen molar-refractivity contribution in [1.82, 2.24) is 4.90 Å². The molecule has 6 atom stereocenters. The lowest BCUT2D eigenvalue weighted by Crippen LogP contribution is -2.63. The van der Waals surface area contributed by atoms with E-state index in [1.165, 1.54) is 12.5 Å². The molecule has 1 spiro atoms. The van der Waals surface area contributed by atoms with Crippen LogP contribution in [0.1, 0.15) is 45.6 Å². The number of piperidine rings is 1. The Morgan fingerprint density at radius 1 is 1.19 bits per heavy atom. The van der Waals surface area contributed by atoms with E-state index in [1.54, 1.807) is 6.92 Å². The van der Waals surface area contributed by atoms with Crippen molar-refractivity contribution in [2.24, 2.45) is 11.8 Å². The third-order valence-electron chi connectivity index (χ3n) is 7.82. The summed E-state index contributed by atoms with van der Waals surface area (Å²) in [7, 11) is 0. The Hall–Kier alpha value is -1.88. The van der Waals surface area contributed by atoms with Crippen LogP contribution in [0.5, 0.6) is 0 Å². The van der Waals surface area contributed by atoms with Crippen LogP contribution in [0.3, 0.4) is 0 Å². The fourth-order valence-electron chi connectivity index (χ4n) is 6.94. The van der Waals surface area contributed by atoms with Gasteiger partial charge in [-0.15, -0.1) is 0 Å². The van der Waals surface area contributed by atoms with Crippen molar-refractivity contribution < 1.29 is 14.3 Å². The van der Waals surface area contributed by atoms with Gasteiger partial charge in [-0.2, -0.15) is 0 Å². The number of esters is 1. The number of carbonyl (C=O) groups is 2. The minimum atomic E-state index is -0.199. The van der Waals surface area contributed by atoms with E-state index in [0.29, 0.717) is 17.9 Å². The van der Waals surface area contributed by atoms with E-state index in [-0.39, 0.29) is 29.4 Å². The highest BCUT2D eigenvalue weighted by molar-refractivity contribution is 5.96. The maximum absolute atomic E-state index is 12.7. The van der Waals surface area contributed by atoms with Crippen LogP contribution in [-0.4, -0.2) is 48.1 Å². The highest BCUT2D eigenvalue weighted by atomic mass is 16.5. The average Bonchev–Trinajstić information content (AvgIpc) is 3.15. The molecule has 0 radical (unpaired) electrons. The summed E-state index contributed by atoms with van der Waals surface area (Å²) < 4.78 is 5.59. The van der Waals surface area contributed by atoms with Crippen molar-refractivity contribution >= 4 is 17.6 Å². The molecular formula is C22H28N2O3. The molecule has 144 valence electrons. The monoisotopic (exact) mass is 368 g/mol. The van der Waals surface area contributed by atoms with Gasteiger partial charge >= 0.3 is 5.97 Å². The van der Waals surface area contributed by atoms with Gasteiger partial charge in [-0.25, -0.2) is 0 Å². The summed E-state index contributed by atoms with van der Waals surface area (Å²) in [5, 5.41) is 0. The summed E-state index contributed by atoms with van der Waals surface area (Å²) >= 11 is 0. The first kappa shape index (κ1) is 17.2. The number of hydrogen-bond acceptors (Lipinski definition) is 4. The highest BCUT2D eigenvalue weighted by Crippen LogP contribution is 2.61. The third kappa shape index (κ3) is 2.21. The molecule has 3 aliphatic heterocycles. The van der Waals surface area contributed by atoms with Gasteiger partial charge in [0.25, 0.3) is 0 Å². The lowest BCUT2D eigenvalue weighted by Gasteiger charge is -2.54. The van der Waals surface area contributed by atoms with E-state index in [4.69, 9.17) is 4.74 Å². The van der Waals surface area contributed by atoms with E-state index in [0.717, 1.165) is 38.0 Å². The Labute approximate surface area is 160 Å². The van der Waals surface area contributed by atoms with Crippen molar-refractivity contribution in [3.05, 3.63) is 29.8 Å². The summed E-state index contributed by atoms with van der Waals surface area (Å²) in [6.07, 6.45) is 3.20. The van der Waals surface area contributed by atoms with Crippen LogP contribution in [0, 0.1) is 11.8 Å². The summed E-state index contributed by atoms with van der Waals surface area (Å²) in [5.74, 6) is 0.786. The molecule has 1 amide bonds. The topological polar surface area (TPSA) is 49.9 Å². The molecule has 3 heterocycles.